The van der Waals surface area contributed by atoms with Gasteiger partial charge in [-0.25, -0.2) is 18.2 Å². The first-order valence-electron chi connectivity index (χ1n) is 5.78. The maximum atomic E-state index is 12.4. The van der Waals surface area contributed by atoms with Crippen LogP contribution in [0, 0.1) is 6.92 Å². The van der Waals surface area contributed by atoms with Gasteiger partial charge in [-0.1, -0.05) is 6.07 Å². The molecule has 0 radical (unpaired) electrons. The minimum atomic E-state index is -3.95. The van der Waals surface area contributed by atoms with E-state index in [0.29, 0.717) is 10.0 Å². The zero-order valence-electron chi connectivity index (χ0n) is 10.9. The van der Waals surface area contributed by atoms with Gasteiger partial charge in [-0.05, 0) is 52.7 Å². The summed E-state index contributed by atoms with van der Waals surface area (Å²) in [5.74, 6) is -1.04. The van der Waals surface area contributed by atoms with Crippen molar-refractivity contribution in [2.75, 3.05) is 4.72 Å². The number of carboxylic acid groups (broad SMARTS) is 1. The average molecular weight is 371 g/mol. The van der Waals surface area contributed by atoms with E-state index in [0.717, 1.165) is 6.07 Å². The molecule has 0 saturated carbocycles. The Morgan fingerprint density at radius 2 is 2.05 bits per heavy atom. The van der Waals surface area contributed by atoms with Crippen molar-refractivity contribution in [3.63, 3.8) is 0 Å². The van der Waals surface area contributed by atoms with E-state index in [9.17, 15) is 13.2 Å². The Morgan fingerprint density at radius 1 is 1.33 bits per heavy atom. The summed E-state index contributed by atoms with van der Waals surface area (Å²) in [4.78, 5) is 14.8. The first-order valence-corrected chi connectivity index (χ1v) is 8.06. The summed E-state index contributed by atoms with van der Waals surface area (Å²) in [6, 6.07) is 7.29. The van der Waals surface area contributed by atoms with Crippen LogP contribution in [0.25, 0.3) is 0 Å². The summed E-state index contributed by atoms with van der Waals surface area (Å²) in [7, 11) is -3.95. The van der Waals surface area contributed by atoms with E-state index in [1.165, 1.54) is 18.3 Å². The van der Waals surface area contributed by atoms with Gasteiger partial charge in [-0.2, -0.15) is 0 Å². The standard InChI is InChI=1S/C13H11BrN2O4S/c1-8-6-9(13(17)18)7-10(12(8)14)21(19,20)16-11-4-2-3-5-15-11/h2-7H,1H3,(H,15,16)(H,17,18). The van der Waals surface area contributed by atoms with Crippen LogP contribution in [0.5, 0.6) is 0 Å². The molecule has 0 atom stereocenters. The first kappa shape index (κ1) is 15.5. The Hall–Kier alpha value is -1.93. The van der Waals surface area contributed by atoms with Gasteiger partial charge >= 0.3 is 5.97 Å². The molecule has 1 heterocycles. The number of hydrogen-bond donors (Lipinski definition) is 2. The lowest BCUT2D eigenvalue weighted by atomic mass is 10.1. The SMILES string of the molecule is Cc1cc(C(=O)O)cc(S(=O)(=O)Nc2ccccn2)c1Br. The van der Waals surface area contributed by atoms with Crippen molar-refractivity contribution in [1.82, 2.24) is 4.98 Å². The first-order chi connectivity index (χ1) is 9.81. The molecule has 2 aromatic rings. The van der Waals surface area contributed by atoms with Gasteiger partial charge in [-0.3, -0.25) is 4.72 Å². The zero-order valence-corrected chi connectivity index (χ0v) is 13.3. The normalized spacial score (nSPS) is 11.1. The van der Waals surface area contributed by atoms with Gasteiger partial charge in [0.25, 0.3) is 10.0 Å². The van der Waals surface area contributed by atoms with Crippen LogP contribution in [0.15, 0.2) is 45.9 Å². The molecule has 0 aliphatic rings. The van der Waals surface area contributed by atoms with Gasteiger partial charge in [0, 0.05) is 10.7 Å². The highest BCUT2D eigenvalue weighted by Gasteiger charge is 2.22. The van der Waals surface area contributed by atoms with E-state index in [-0.39, 0.29) is 16.3 Å². The molecule has 0 aliphatic heterocycles. The van der Waals surface area contributed by atoms with Gasteiger partial charge in [-0.15, -0.1) is 0 Å². The number of aromatic nitrogens is 1. The Morgan fingerprint density at radius 3 is 2.62 bits per heavy atom. The van der Waals surface area contributed by atoms with Gasteiger partial charge in [0.05, 0.1) is 5.56 Å². The second-order valence-corrected chi connectivity index (χ2v) is 6.67. The molecule has 0 spiro atoms. The molecule has 2 rings (SSSR count). The van der Waals surface area contributed by atoms with E-state index in [4.69, 9.17) is 5.11 Å². The maximum absolute atomic E-state index is 12.4. The lowest BCUT2D eigenvalue weighted by Crippen LogP contribution is -2.15. The number of carboxylic acids is 1. The molecular formula is C13H11BrN2O4S. The fourth-order valence-electron chi connectivity index (χ4n) is 1.67. The Labute approximate surface area is 130 Å². The van der Waals surface area contributed by atoms with Crippen molar-refractivity contribution in [1.29, 1.82) is 0 Å². The van der Waals surface area contributed by atoms with Crippen molar-refractivity contribution < 1.29 is 18.3 Å². The molecule has 6 nitrogen and oxygen atoms in total. The highest BCUT2D eigenvalue weighted by Crippen LogP contribution is 2.28. The molecule has 2 N–H and O–H groups in total. The number of nitrogens with zero attached hydrogens (tertiary/aromatic N) is 1. The molecule has 0 saturated heterocycles. The van der Waals surface area contributed by atoms with E-state index < -0.39 is 16.0 Å². The van der Waals surface area contributed by atoms with Gasteiger partial charge in [0.1, 0.15) is 10.7 Å². The predicted octanol–water partition coefficient (Wildman–Crippen LogP) is 2.65. The third-order valence-electron chi connectivity index (χ3n) is 2.66. The predicted molar refractivity (Wildman–Crippen MR) is 80.9 cm³/mol. The zero-order chi connectivity index (χ0) is 15.6. The number of pyridine rings is 1. The Kier molecular flexibility index (Phi) is 4.29. The summed E-state index contributed by atoms with van der Waals surface area (Å²) in [6.07, 6.45) is 1.45. The number of sulfonamides is 1. The van der Waals surface area contributed by atoms with Crippen molar-refractivity contribution in [3.8, 4) is 0 Å². The minimum Gasteiger partial charge on any atom is -0.478 e. The molecule has 1 aromatic carbocycles. The molecule has 0 fully saturated rings. The lowest BCUT2D eigenvalue weighted by molar-refractivity contribution is 0.0696. The minimum absolute atomic E-state index is 0.0999. The van der Waals surface area contributed by atoms with Crippen LogP contribution in [-0.2, 0) is 10.0 Å². The highest BCUT2D eigenvalue weighted by molar-refractivity contribution is 9.10. The molecule has 1 aromatic heterocycles. The van der Waals surface area contributed by atoms with Crippen molar-refractivity contribution in [2.24, 2.45) is 0 Å². The van der Waals surface area contributed by atoms with Crippen LogP contribution >= 0.6 is 15.9 Å². The van der Waals surface area contributed by atoms with Crippen LogP contribution in [-0.4, -0.2) is 24.5 Å². The second-order valence-electron chi connectivity index (χ2n) is 4.23. The molecule has 0 aliphatic carbocycles. The van der Waals surface area contributed by atoms with Crippen molar-refractivity contribution >= 4 is 37.7 Å². The number of benzene rings is 1. The van der Waals surface area contributed by atoms with E-state index >= 15 is 0 Å². The maximum Gasteiger partial charge on any atom is 0.335 e. The number of aromatic carboxylic acids is 1. The van der Waals surface area contributed by atoms with Crippen LogP contribution in [0.2, 0.25) is 0 Å². The number of halogens is 1. The molecule has 8 heteroatoms. The Balaban J connectivity index is 2.52. The lowest BCUT2D eigenvalue weighted by Gasteiger charge is -2.11. The van der Waals surface area contributed by atoms with E-state index in [2.05, 4.69) is 25.6 Å². The highest BCUT2D eigenvalue weighted by atomic mass is 79.9. The largest absolute Gasteiger partial charge is 0.478 e. The third-order valence-corrected chi connectivity index (χ3v) is 5.36. The monoisotopic (exact) mass is 370 g/mol. The van der Waals surface area contributed by atoms with E-state index in [1.807, 2.05) is 0 Å². The molecular weight excluding hydrogens is 360 g/mol. The number of hydrogen-bond acceptors (Lipinski definition) is 4. The smallest absolute Gasteiger partial charge is 0.335 e. The molecule has 21 heavy (non-hydrogen) atoms. The molecule has 0 amide bonds. The van der Waals surface area contributed by atoms with Crippen molar-refractivity contribution in [3.05, 3.63) is 52.1 Å². The molecule has 0 bridgehead atoms. The van der Waals surface area contributed by atoms with E-state index in [1.54, 1.807) is 19.1 Å². The average Bonchev–Trinajstić information content (AvgIpc) is 2.41. The van der Waals surface area contributed by atoms with Crippen molar-refractivity contribution in [2.45, 2.75) is 11.8 Å². The quantitative estimate of drug-likeness (QED) is 0.862. The van der Waals surface area contributed by atoms with Gasteiger partial charge in [0.15, 0.2) is 0 Å². The molecule has 110 valence electrons. The summed E-state index contributed by atoms with van der Waals surface area (Å²) in [6.45, 7) is 1.62. The molecule has 0 unspecified atom stereocenters. The number of anilines is 1. The summed E-state index contributed by atoms with van der Waals surface area (Å²) in [5, 5.41) is 9.04. The number of rotatable bonds is 4. The summed E-state index contributed by atoms with van der Waals surface area (Å²) < 4.78 is 27.4. The fraction of sp³-hybridized carbons (Fsp3) is 0.0769. The fourth-order valence-corrected chi connectivity index (χ4v) is 3.73. The van der Waals surface area contributed by atoms with Crippen LogP contribution < -0.4 is 4.72 Å². The number of carbonyl (C=O) groups is 1. The van der Waals surface area contributed by atoms with Crippen LogP contribution in [0.1, 0.15) is 15.9 Å². The summed E-state index contributed by atoms with van der Waals surface area (Å²) in [5.41, 5.74) is 0.411. The summed E-state index contributed by atoms with van der Waals surface area (Å²) >= 11 is 3.18. The Bertz CT molecular complexity index is 791. The second kappa shape index (κ2) is 5.82. The van der Waals surface area contributed by atoms with Gasteiger partial charge in [0.2, 0.25) is 0 Å². The van der Waals surface area contributed by atoms with Gasteiger partial charge < -0.3 is 5.11 Å². The van der Waals surface area contributed by atoms with Crippen LogP contribution in [0.3, 0.4) is 0 Å². The number of aryl methyl sites for hydroxylation is 1. The third kappa shape index (κ3) is 3.40. The number of nitrogens with one attached hydrogen (secondary N) is 1. The van der Waals surface area contributed by atoms with Crippen LogP contribution in [0.4, 0.5) is 5.82 Å². The topological polar surface area (TPSA) is 96.4 Å².